The van der Waals surface area contributed by atoms with E-state index >= 15 is 0 Å². The van der Waals surface area contributed by atoms with E-state index in [0.29, 0.717) is 0 Å². The monoisotopic (exact) mass is 213 g/mol. The molecule has 0 saturated heterocycles. The van der Waals surface area contributed by atoms with Gasteiger partial charge in [-0.2, -0.15) is 11.3 Å². The highest BCUT2D eigenvalue weighted by molar-refractivity contribution is 7.07. The number of thiophene rings is 1. The molecule has 1 N–H and O–H groups in total. The van der Waals surface area contributed by atoms with Gasteiger partial charge in [-0.3, -0.25) is 0 Å². The average molecular weight is 213 g/mol. The maximum atomic E-state index is 9.67. The number of rotatable bonds is 6. The largest absolute Gasteiger partial charge is 0.393 e. The summed E-state index contributed by atoms with van der Waals surface area (Å²) in [6.07, 6.45) is 2.59. The standard InChI is InChI=1S/C11H19NOS/c1-12(2)7-5-11(13)4-3-10-6-8-14-9-10/h6,8-9,11,13H,3-5,7H2,1-2H3. The highest BCUT2D eigenvalue weighted by Crippen LogP contribution is 2.10. The van der Waals surface area contributed by atoms with Crippen molar-refractivity contribution in [3.05, 3.63) is 22.4 Å². The van der Waals surface area contributed by atoms with Crippen molar-refractivity contribution in [3.8, 4) is 0 Å². The van der Waals surface area contributed by atoms with Crippen molar-refractivity contribution in [1.82, 2.24) is 4.90 Å². The SMILES string of the molecule is CN(C)CCC(O)CCc1ccsc1. The maximum Gasteiger partial charge on any atom is 0.0555 e. The first-order valence-electron chi connectivity index (χ1n) is 5.02. The molecule has 1 heterocycles. The molecule has 0 spiro atoms. The number of aliphatic hydroxyl groups excluding tert-OH is 1. The molecule has 0 saturated carbocycles. The highest BCUT2D eigenvalue weighted by atomic mass is 32.1. The number of nitrogens with zero attached hydrogens (tertiary/aromatic N) is 1. The van der Waals surface area contributed by atoms with E-state index in [1.54, 1.807) is 11.3 Å². The Kier molecular flexibility index (Phi) is 5.15. The first kappa shape index (κ1) is 11.7. The summed E-state index contributed by atoms with van der Waals surface area (Å²) in [5.74, 6) is 0. The molecule has 0 aliphatic heterocycles. The zero-order chi connectivity index (χ0) is 10.4. The fraction of sp³-hybridized carbons (Fsp3) is 0.636. The zero-order valence-corrected chi connectivity index (χ0v) is 9.76. The van der Waals surface area contributed by atoms with Gasteiger partial charge in [0.2, 0.25) is 0 Å². The van der Waals surface area contributed by atoms with Crippen LogP contribution in [0.4, 0.5) is 0 Å². The summed E-state index contributed by atoms with van der Waals surface area (Å²) in [4.78, 5) is 2.10. The number of hydrogen-bond donors (Lipinski definition) is 1. The molecule has 2 nitrogen and oxygen atoms in total. The Morgan fingerprint density at radius 2 is 2.21 bits per heavy atom. The van der Waals surface area contributed by atoms with E-state index in [2.05, 4.69) is 21.7 Å². The van der Waals surface area contributed by atoms with Gasteiger partial charge in [0.15, 0.2) is 0 Å². The fourth-order valence-electron chi connectivity index (χ4n) is 1.32. The minimum absolute atomic E-state index is 0.155. The molecule has 0 aromatic carbocycles. The second-order valence-corrected chi connectivity index (χ2v) is 4.70. The van der Waals surface area contributed by atoms with E-state index < -0.39 is 0 Å². The van der Waals surface area contributed by atoms with E-state index in [0.717, 1.165) is 25.8 Å². The van der Waals surface area contributed by atoms with E-state index in [1.807, 2.05) is 14.1 Å². The van der Waals surface area contributed by atoms with Gasteiger partial charge >= 0.3 is 0 Å². The topological polar surface area (TPSA) is 23.5 Å². The van der Waals surface area contributed by atoms with Crippen LogP contribution in [0.3, 0.4) is 0 Å². The zero-order valence-electron chi connectivity index (χ0n) is 8.94. The van der Waals surface area contributed by atoms with E-state index in [4.69, 9.17) is 0 Å². The van der Waals surface area contributed by atoms with Crippen molar-refractivity contribution in [2.75, 3.05) is 20.6 Å². The lowest BCUT2D eigenvalue weighted by Gasteiger charge is -2.13. The van der Waals surface area contributed by atoms with E-state index in [1.165, 1.54) is 5.56 Å². The first-order valence-corrected chi connectivity index (χ1v) is 5.96. The van der Waals surface area contributed by atoms with Crippen molar-refractivity contribution in [2.24, 2.45) is 0 Å². The predicted octanol–water partition coefficient (Wildman–Crippen LogP) is 1.99. The second kappa shape index (κ2) is 6.17. The molecule has 1 unspecified atom stereocenters. The van der Waals surface area contributed by atoms with Gasteiger partial charge in [-0.1, -0.05) is 0 Å². The van der Waals surface area contributed by atoms with Crippen LogP contribution in [-0.2, 0) is 6.42 Å². The van der Waals surface area contributed by atoms with Crippen LogP contribution in [0.2, 0.25) is 0 Å². The van der Waals surface area contributed by atoms with Crippen LogP contribution >= 0.6 is 11.3 Å². The van der Waals surface area contributed by atoms with Gasteiger partial charge in [0.05, 0.1) is 6.10 Å². The molecule has 3 heteroatoms. The number of aliphatic hydroxyl groups is 1. The third-order valence-electron chi connectivity index (χ3n) is 2.26. The minimum Gasteiger partial charge on any atom is -0.393 e. The van der Waals surface area contributed by atoms with Crippen LogP contribution < -0.4 is 0 Å². The van der Waals surface area contributed by atoms with Crippen LogP contribution in [0, 0.1) is 0 Å². The molecule has 1 aromatic heterocycles. The van der Waals surface area contributed by atoms with Crippen LogP contribution in [0.15, 0.2) is 16.8 Å². The molecule has 1 atom stereocenters. The molecule has 0 fully saturated rings. The fourth-order valence-corrected chi connectivity index (χ4v) is 2.02. The lowest BCUT2D eigenvalue weighted by Crippen LogP contribution is -2.19. The molecule has 80 valence electrons. The molecule has 0 amide bonds. The van der Waals surface area contributed by atoms with Gasteiger partial charge < -0.3 is 10.0 Å². The molecule has 1 aromatic rings. The van der Waals surface area contributed by atoms with Crippen LogP contribution in [0.1, 0.15) is 18.4 Å². The quantitative estimate of drug-likeness (QED) is 0.781. The Labute approximate surface area is 90.2 Å². The van der Waals surface area contributed by atoms with E-state index in [9.17, 15) is 5.11 Å². The van der Waals surface area contributed by atoms with Crippen LogP contribution in [0.25, 0.3) is 0 Å². The summed E-state index contributed by atoms with van der Waals surface area (Å²) in [5.41, 5.74) is 1.35. The first-order chi connectivity index (χ1) is 6.68. The summed E-state index contributed by atoms with van der Waals surface area (Å²) in [5, 5.41) is 13.9. The molecular weight excluding hydrogens is 194 g/mol. The van der Waals surface area contributed by atoms with Crippen molar-refractivity contribution < 1.29 is 5.11 Å². The maximum absolute atomic E-state index is 9.67. The Morgan fingerprint density at radius 1 is 1.43 bits per heavy atom. The van der Waals surface area contributed by atoms with Gasteiger partial charge in [0.25, 0.3) is 0 Å². The predicted molar refractivity (Wildman–Crippen MR) is 61.8 cm³/mol. The van der Waals surface area contributed by atoms with Crippen molar-refractivity contribution in [3.63, 3.8) is 0 Å². The van der Waals surface area contributed by atoms with Gasteiger partial charge in [-0.15, -0.1) is 0 Å². The molecule has 0 radical (unpaired) electrons. The number of aryl methyl sites for hydroxylation is 1. The van der Waals surface area contributed by atoms with Crippen molar-refractivity contribution >= 4 is 11.3 Å². The third-order valence-corrected chi connectivity index (χ3v) is 2.99. The van der Waals surface area contributed by atoms with Gasteiger partial charge in [0, 0.05) is 0 Å². The van der Waals surface area contributed by atoms with Crippen LogP contribution in [-0.4, -0.2) is 36.8 Å². The Morgan fingerprint density at radius 3 is 2.79 bits per heavy atom. The second-order valence-electron chi connectivity index (χ2n) is 3.92. The third kappa shape index (κ3) is 4.74. The van der Waals surface area contributed by atoms with Gasteiger partial charge in [-0.25, -0.2) is 0 Å². The van der Waals surface area contributed by atoms with Gasteiger partial charge in [-0.05, 0) is 62.3 Å². The molecule has 0 bridgehead atoms. The average Bonchev–Trinajstić information content (AvgIpc) is 2.63. The Bertz CT molecular complexity index is 233. The Balaban J connectivity index is 2.12. The summed E-state index contributed by atoms with van der Waals surface area (Å²) >= 11 is 1.72. The highest BCUT2D eigenvalue weighted by Gasteiger charge is 2.05. The van der Waals surface area contributed by atoms with Crippen molar-refractivity contribution in [1.29, 1.82) is 0 Å². The smallest absolute Gasteiger partial charge is 0.0555 e. The summed E-state index contributed by atoms with van der Waals surface area (Å²) in [6.45, 7) is 0.963. The minimum atomic E-state index is -0.155. The molecule has 14 heavy (non-hydrogen) atoms. The summed E-state index contributed by atoms with van der Waals surface area (Å²) in [6, 6.07) is 2.13. The molecule has 1 rings (SSSR count). The lowest BCUT2D eigenvalue weighted by atomic mass is 10.1. The summed E-state index contributed by atoms with van der Waals surface area (Å²) < 4.78 is 0. The number of hydrogen-bond acceptors (Lipinski definition) is 3. The molecular formula is C11H19NOS. The van der Waals surface area contributed by atoms with E-state index in [-0.39, 0.29) is 6.10 Å². The van der Waals surface area contributed by atoms with Crippen LogP contribution in [0.5, 0.6) is 0 Å². The normalized spacial score (nSPS) is 13.4. The Hall–Kier alpha value is -0.380. The summed E-state index contributed by atoms with van der Waals surface area (Å²) in [7, 11) is 4.07. The van der Waals surface area contributed by atoms with Gasteiger partial charge in [0.1, 0.15) is 0 Å². The molecule has 0 aliphatic rings. The molecule has 0 aliphatic carbocycles. The lowest BCUT2D eigenvalue weighted by molar-refractivity contribution is 0.143. The van der Waals surface area contributed by atoms with Crippen molar-refractivity contribution in [2.45, 2.75) is 25.4 Å².